The fourth-order valence-corrected chi connectivity index (χ4v) is 5.77. The first-order valence-electron chi connectivity index (χ1n) is 10.1. The van der Waals surface area contributed by atoms with Crippen molar-refractivity contribution >= 4 is 11.3 Å². The number of hydrogen-bond donors (Lipinski definition) is 1. The molecule has 0 bridgehead atoms. The lowest BCUT2D eigenvalue weighted by molar-refractivity contribution is -0.104. The zero-order valence-corrected chi connectivity index (χ0v) is 17.5. The molecule has 28 heavy (non-hydrogen) atoms. The van der Waals surface area contributed by atoms with Gasteiger partial charge in [0.2, 0.25) is 0 Å². The Labute approximate surface area is 172 Å². The molecule has 1 N–H and O–H groups in total. The summed E-state index contributed by atoms with van der Waals surface area (Å²) in [6, 6.07) is 8.41. The van der Waals surface area contributed by atoms with Crippen molar-refractivity contribution in [3.8, 4) is 5.75 Å². The van der Waals surface area contributed by atoms with Crippen LogP contribution in [0.15, 0.2) is 35.8 Å². The molecule has 151 valence electrons. The number of ether oxygens (including phenoxy) is 2. The van der Waals surface area contributed by atoms with E-state index in [1.165, 1.54) is 36.3 Å². The Hall–Kier alpha value is -1.47. The molecule has 1 unspecified atom stereocenters. The molecule has 2 aliphatic rings. The third kappa shape index (κ3) is 4.40. The van der Waals surface area contributed by atoms with Crippen molar-refractivity contribution in [1.82, 2.24) is 16.5 Å². The van der Waals surface area contributed by atoms with E-state index in [-0.39, 0.29) is 17.2 Å². The minimum absolute atomic E-state index is 0. The summed E-state index contributed by atoms with van der Waals surface area (Å²) in [7, 11) is 1.74. The van der Waals surface area contributed by atoms with Gasteiger partial charge in [0.15, 0.2) is 0 Å². The number of nitrogens with one attached hydrogen (secondary N) is 1. The third-order valence-corrected chi connectivity index (χ3v) is 7.26. The molecule has 2 fully saturated rings. The Morgan fingerprint density at radius 1 is 1.21 bits per heavy atom. The molecule has 2 aromatic heterocycles. The van der Waals surface area contributed by atoms with Crippen molar-refractivity contribution in [1.29, 1.82) is 0 Å². The van der Waals surface area contributed by atoms with Gasteiger partial charge >= 0.3 is 0 Å². The fourth-order valence-electron chi connectivity index (χ4n) is 4.97. The molecule has 0 aromatic carbocycles. The van der Waals surface area contributed by atoms with E-state index in [0.29, 0.717) is 0 Å². The molecule has 6 heteroatoms. The molecule has 4 rings (SSSR count). The third-order valence-electron chi connectivity index (χ3n) is 6.36. The molecule has 1 aliphatic carbocycles. The Bertz CT molecular complexity index is 730. The zero-order chi connectivity index (χ0) is 18.6. The highest BCUT2D eigenvalue weighted by Gasteiger charge is 2.48. The van der Waals surface area contributed by atoms with E-state index in [4.69, 9.17) is 14.5 Å². The predicted octanol–water partition coefficient (Wildman–Crippen LogP) is 4.21. The van der Waals surface area contributed by atoms with Crippen molar-refractivity contribution in [3.63, 3.8) is 0 Å². The number of hydrogen-bond acceptors (Lipinski definition) is 5. The molecule has 0 amide bonds. The van der Waals surface area contributed by atoms with Gasteiger partial charge in [0, 0.05) is 36.6 Å². The van der Waals surface area contributed by atoms with Gasteiger partial charge in [-0.05, 0) is 62.2 Å². The van der Waals surface area contributed by atoms with E-state index in [1.54, 1.807) is 18.4 Å². The standard InChI is InChI=1S/C22H30N2O2S.N/c1-25-18-7-15-27-19(18)16-23-13-10-21(20-6-2-5-12-24-20)11-14-26-22(17-21)8-3-4-9-22;/h2,5-7,12,15,23H,3-4,8-11,13-14,16-17H2,1H3;. The normalized spacial score (nSPS) is 23.5. The molecular formula is C22H30N3O2S. The lowest BCUT2D eigenvalue weighted by atomic mass is 9.68. The van der Waals surface area contributed by atoms with Gasteiger partial charge < -0.3 is 14.8 Å². The van der Waals surface area contributed by atoms with E-state index in [0.717, 1.165) is 44.7 Å². The smallest absolute Gasteiger partial charge is 0.134 e. The quantitative estimate of drug-likeness (QED) is 0.707. The summed E-state index contributed by atoms with van der Waals surface area (Å²) in [5, 5.41) is 5.74. The van der Waals surface area contributed by atoms with Crippen LogP contribution in [-0.4, -0.2) is 30.8 Å². The van der Waals surface area contributed by atoms with Gasteiger partial charge in [0.25, 0.3) is 0 Å². The van der Waals surface area contributed by atoms with E-state index in [1.807, 2.05) is 18.3 Å². The van der Waals surface area contributed by atoms with Crippen molar-refractivity contribution in [2.24, 2.45) is 0 Å². The number of pyridine rings is 1. The summed E-state index contributed by atoms with van der Waals surface area (Å²) < 4.78 is 11.8. The van der Waals surface area contributed by atoms with Gasteiger partial charge in [-0.3, -0.25) is 4.98 Å². The topological polar surface area (TPSA) is 73.9 Å². The average molecular weight is 401 g/mol. The van der Waals surface area contributed by atoms with E-state index < -0.39 is 0 Å². The van der Waals surface area contributed by atoms with Gasteiger partial charge in [0.05, 0.1) is 17.6 Å². The van der Waals surface area contributed by atoms with Crippen LogP contribution in [-0.2, 0) is 16.7 Å². The summed E-state index contributed by atoms with van der Waals surface area (Å²) in [5.74, 6) is 0.989. The molecule has 3 heterocycles. The van der Waals surface area contributed by atoms with Gasteiger partial charge in [-0.2, -0.15) is 0 Å². The van der Waals surface area contributed by atoms with Crippen LogP contribution in [0.25, 0.3) is 0 Å². The van der Waals surface area contributed by atoms with Crippen LogP contribution >= 0.6 is 11.3 Å². The van der Waals surface area contributed by atoms with Gasteiger partial charge in [-0.15, -0.1) is 11.3 Å². The molecule has 5 nitrogen and oxygen atoms in total. The van der Waals surface area contributed by atoms with Crippen LogP contribution in [0.5, 0.6) is 5.75 Å². The van der Waals surface area contributed by atoms with E-state index in [9.17, 15) is 0 Å². The van der Waals surface area contributed by atoms with E-state index >= 15 is 0 Å². The van der Waals surface area contributed by atoms with Gasteiger partial charge in [-0.1, -0.05) is 18.9 Å². The highest BCUT2D eigenvalue weighted by Crippen LogP contribution is 2.49. The molecule has 1 spiro atoms. The van der Waals surface area contributed by atoms with Crippen LogP contribution in [0.3, 0.4) is 0 Å². The Kier molecular flexibility index (Phi) is 7.10. The number of aromatic nitrogens is 1. The summed E-state index contributed by atoms with van der Waals surface area (Å²) in [6.07, 6.45) is 10.2. The second-order valence-electron chi connectivity index (χ2n) is 8.00. The number of nitrogens with zero attached hydrogens (tertiary/aromatic N) is 2. The molecule has 3 radical (unpaired) electrons. The second kappa shape index (κ2) is 9.35. The van der Waals surface area contributed by atoms with Crippen molar-refractivity contribution in [2.75, 3.05) is 20.3 Å². The van der Waals surface area contributed by atoms with Crippen molar-refractivity contribution < 1.29 is 9.47 Å². The summed E-state index contributed by atoms with van der Waals surface area (Å²) >= 11 is 1.75. The highest BCUT2D eigenvalue weighted by molar-refractivity contribution is 7.10. The predicted molar refractivity (Wildman–Crippen MR) is 112 cm³/mol. The lowest BCUT2D eigenvalue weighted by Gasteiger charge is -2.46. The molecule has 1 saturated heterocycles. The molecular weight excluding hydrogens is 370 g/mol. The van der Waals surface area contributed by atoms with Crippen LogP contribution in [0.2, 0.25) is 0 Å². The molecule has 1 saturated carbocycles. The minimum atomic E-state index is 0. The Balaban J connectivity index is 0.00000225. The van der Waals surface area contributed by atoms with Crippen LogP contribution in [0, 0.1) is 0 Å². The maximum absolute atomic E-state index is 6.34. The SMILES string of the molecule is COc1ccsc1CNCCC1(c2ccccn2)CCOC2(CCCC2)C1.[N]. The lowest BCUT2D eigenvalue weighted by Crippen LogP contribution is -2.47. The maximum Gasteiger partial charge on any atom is 0.134 e. The first-order valence-corrected chi connectivity index (χ1v) is 11.0. The first kappa shape index (κ1) is 21.2. The molecule has 1 atom stereocenters. The Morgan fingerprint density at radius 2 is 2.07 bits per heavy atom. The van der Waals surface area contributed by atoms with Crippen LogP contribution < -0.4 is 16.2 Å². The number of rotatable bonds is 7. The van der Waals surface area contributed by atoms with E-state index in [2.05, 4.69) is 22.8 Å². The van der Waals surface area contributed by atoms with Crippen LogP contribution in [0.4, 0.5) is 0 Å². The highest BCUT2D eigenvalue weighted by atomic mass is 32.1. The second-order valence-corrected chi connectivity index (χ2v) is 9.00. The summed E-state index contributed by atoms with van der Waals surface area (Å²) in [6.45, 7) is 2.70. The van der Waals surface area contributed by atoms with Crippen molar-refractivity contribution in [2.45, 2.75) is 62.5 Å². The summed E-state index contributed by atoms with van der Waals surface area (Å²) in [4.78, 5) is 6.05. The fraction of sp³-hybridized carbons (Fsp3) is 0.591. The monoisotopic (exact) mass is 400 g/mol. The Morgan fingerprint density at radius 3 is 2.82 bits per heavy atom. The maximum atomic E-state index is 6.34. The van der Waals surface area contributed by atoms with Crippen LogP contribution in [0.1, 0.15) is 55.5 Å². The van der Waals surface area contributed by atoms with Crippen molar-refractivity contribution in [3.05, 3.63) is 46.4 Å². The number of thiophene rings is 1. The molecule has 2 aromatic rings. The first-order chi connectivity index (χ1) is 13.3. The van der Waals surface area contributed by atoms with Gasteiger partial charge in [-0.25, -0.2) is 0 Å². The largest absolute Gasteiger partial charge is 0.496 e. The molecule has 1 aliphatic heterocycles. The average Bonchev–Trinajstić information content (AvgIpc) is 3.35. The van der Waals surface area contributed by atoms with Gasteiger partial charge in [0.1, 0.15) is 5.75 Å². The zero-order valence-electron chi connectivity index (χ0n) is 16.7. The minimum Gasteiger partial charge on any atom is -0.496 e. The summed E-state index contributed by atoms with van der Waals surface area (Å²) in [5.41, 5.74) is 1.46. The number of methoxy groups -OCH3 is 1.